The average Bonchev–Trinajstić information content (AvgIpc) is 2.64. The number of carbonyl (C=O) groups is 1. The Kier molecular flexibility index (Phi) is 6.03. The van der Waals surface area contributed by atoms with E-state index in [2.05, 4.69) is 5.32 Å². The first-order valence-electron chi connectivity index (χ1n) is 7.27. The third-order valence-electron chi connectivity index (χ3n) is 3.30. The molecule has 0 bridgehead atoms. The summed E-state index contributed by atoms with van der Waals surface area (Å²) in [6, 6.07) is 14.2. The highest BCUT2D eigenvalue weighted by Crippen LogP contribution is 2.27. The van der Waals surface area contributed by atoms with Crippen LogP contribution < -0.4 is 19.5 Å². The third-order valence-corrected chi connectivity index (χ3v) is 3.30. The molecule has 124 valence electrons. The number of ether oxygens (including phenoxy) is 3. The topological polar surface area (TPSA) is 80.6 Å². The van der Waals surface area contributed by atoms with E-state index in [1.165, 1.54) is 7.11 Å². The minimum atomic E-state index is -0.253. The zero-order valence-electron chi connectivity index (χ0n) is 13.5. The molecule has 0 fully saturated rings. The Hall–Kier alpha value is -3.20. The fraction of sp³-hybridized carbons (Fsp3) is 0.222. The summed E-state index contributed by atoms with van der Waals surface area (Å²) in [5.41, 5.74) is 1.42. The maximum absolute atomic E-state index is 11.9. The highest BCUT2D eigenvalue weighted by molar-refractivity contribution is 5.77. The second kappa shape index (κ2) is 8.44. The van der Waals surface area contributed by atoms with Crippen LogP contribution in [0.1, 0.15) is 11.1 Å². The fourth-order valence-corrected chi connectivity index (χ4v) is 1.99. The van der Waals surface area contributed by atoms with Crippen LogP contribution in [0.3, 0.4) is 0 Å². The van der Waals surface area contributed by atoms with E-state index in [9.17, 15) is 4.79 Å². The van der Waals surface area contributed by atoms with E-state index in [0.29, 0.717) is 23.6 Å². The van der Waals surface area contributed by atoms with E-state index >= 15 is 0 Å². The molecule has 0 saturated carbocycles. The van der Waals surface area contributed by atoms with E-state index in [4.69, 9.17) is 19.5 Å². The third kappa shape index (κ3) is 4.65. The summed E-state index contributed by atoms with van der Waals surface area (Å²) in [7, 11) is 3.08. The van der Waals surface area contributed by atoms with E-state index in [1.807, 2.05) is 30.3 Å². The number of nitrogens with zero attached hydrogens (tertiary/aromatic N) is 1. The summed E-state index contributed by atoms with van der Waals surface area (Å²) in [6.45, 7) is 0.259. The smallest absolute Gasteiger partial charge is 0.258 e. The standard InChI is InChI=1S/C18H18N2O4/c1-22-15-6-3-13(4-7-15)11-20-18(21)12-24-16-8-5-14(10-19)9-17(16)23-2/h3-9H,11-12H2,1-2H3,(H,20,21). The van der Waals surface area contributed by atoms with Crippen molar-refractivity contribution in [2.24, 2.45) is 0 Å². The SMILES string of the molecule is COc1ccc(CNC(=O)COc2ccc(C#N)cc2OC)cc1. The highest BCUT2D eigenvalue weighted by Gasteiger charge is 2.08. The molecule has 6 heteroatoms. The summed E-state index contributed by atoms with van der Waals surface area (Å²) in [5.74, 6) is 1.34. The van der Waals surface area contributed by atoms with E-state index in [-0.39, 0.29) is 12.5 Å². The molecule has 0 aliphatic carbocycles. The Morgan fingerprint density at radius 1 is 1.08 bits per heavy atom. The summed E-state index contributed by atoms with van der Waals surface area (Å²) < 4.78 is 15.7. The van der Waals surface area contributed by atoms with Crippen LogP contribution in [0.4, 0.5) is 0 Å². The second-order valence-electron chi connectivity index (χ2n) is 4.89. The number of rotatable bonds is 7. The van der Waals surface area contributed by atoms with Crippen molar-refractivity contribution in [2.75, 3.05) is 20.8 Å². The zero-order valence-corrected chi connectivity index (χ0v) is 13.5. The quantitative estimate of drug-likeness (QED) is 0.844. The number of benzene rings is 2. The molecule has 0 radical (unpaired) electrons. The Bertz CT molecular complexity index is 736. The van der Waals surface area contributed by atoms with Gasteiger partial charge in [-0.25, -0.2) is 0 Å². The number of nitrogens with one attached hydrogen (secondary N) is 1. The van der Waals surface area contributed by atoms with Gasteiger partial charge in [-0.05, 0) is 29.8 Å². The second-order valence-corrected chi connectivity index (χ2v) is 4.89. The van der Waals surface area contributed by atoms with Crippen molar-refractivity contribution >= 4 is 5.91 Å². The number of carbonyl (C=O) groups excluding carboxylic acids is 1. The van der Waals surface area contributed by atoms with Gasteiger partial charge in [0.15, 0.2) is 18.1 Å². The summed E-state index contributed by atoms with van der Waals surface area (Å²) in [6.07, 6.45) is 0. The number of methoxy groups -OCH3 is 2. The number of hydrogen-bond acceptors (Lipinski definition) is 5. The van der Waals surface area contributed by atoms with Crippen LogP contribution in [0.25, 0.3) is 0 Å². The van der Waals surface area contributed by atoms with Crippen molar-refractivity contribution in [1.82, 2.24) is 5.32 Å². The highest BCUT2D eigenvalue weighted by atomic mass is 16.5. The molecule has 0 aromatic heterocycles. The molecule has 2 rings (SSSR count). The molecule has 0 aliphatic rings. The van der Waals surface area contributed by atoms with Crippen LogP contribution in [0, 0.1) is 11.3 Å². The molecule has 0 saturated heterocycles. The Balaban J connectivity index is 1.85. The lowest BCUT2D eigenvalue weighted by molar-refractivity contribution is -0.123. The minimum absolute atomic E-state index is 0.140. The summed E-state index contributed by atoms with van der Waals surface area (Å²) in [5, 5.41) is 11.6. The molecular formula is C18H18N2O4. The van der Waals surface area contributed by atoms with Crippen molar-refractivity contribution in [1.29, 1.82) is 5.26 Å². The average molecular weight is 326 g/mol. The van der Waals surface area contributed by atoms with Crippen LogP contribution in [0.2, 0.25) is 0 Å². The lowest BCUT2D eigenvalue weighted by atomic mass is 10.2. The van der Waals surface area contributed by atoms with E-state index in [1.54, 1.807) is 25.3 Å². The van der Waals surface area contributed by atoms with Crippen molar-refractivity contribution in [2.45, 2.75) is 6.54 Å². The molecule has 0 aliphatic heterocycles. The van der Waals surface area contributed by atoms with E-state index < -0.39 is 0 Å². The van der Waals surface area contributed by atoms with Crippen LogP contribution in [-0.2, 0) is 11.3 Å². The maximum atomic E-state index is 11.9. The molecule has 0 atom stereocenters. The molecule has 1 amide bonds. The van der Waals surface area contributed by atoms with Gasteiger partial charge in [0.25, 0.3) is 5.91 Å². The van der Waals surface area contributed by atoms with Crippen LogP contribution >= 0.6 is 0 Å². The molecule has 24 heavy (non-hydrogen) atoms. The molecule has 2 aromatic rings. The van der Waals surface area contributed by atoms with Gasteiger partial charge in [-0.15, -0.1) is 0 Å². The van der Waals surface area contributed by atoms with Gasteiger partial charge in [-0.3, -0.25) is 4.79 Å². The van der Waals surface area contributed by atoms with Gasteiger partial charge in [-0.2, -0.15) is 5.26 Å². The Morgan fingerprint density at radius 3 is 2.46 bits per heavy atom. The number of hydrogen-bond donors (Lipinski definition) is 1. The first-order chi connectivity index (χ1) is 11.7. The van der Waals surface area contributed by atoms with Crippen LogP contribution in [0.15, 0.2) is 42.5 Å². The van der Waals surface area contributed by atoms with Crippen LogP contribution in [0.5, 0.6) is 17.2 Å². The summed E-state index contributed by atoms with van der Waals surface area (Å²) in [4.78, 5) is 11.9. The van der Waals surface area contributed by atoms with E-state index in [0.717, 1.165) is 11.3 Å². The van der Waals surface area contributed by atoms with Gasteiger partial charge in [0.2, 0.25) is 0 Å². The van der Waals surface area contributed by atoms with Crippen molar-refractivity contribution in [3.8, 4) is 23.3 Å². The lowest BCUT2D eigenvalue weighted by Gasteiger charge is -2.11. The molecule has 0 unspecified atom stereocenters. The zero-order chi connectivity index (χ0) is 17.4. The molecule has 1 N–H and O–H groups in total. The van der Waals surface area contributed by atoms with Crippen molar-refractivity contribution in [3.63, 3.8) is 0 Å². The maximum Gasteiger partial charge on any atom is 0.258 e. The Labute approximate surface area is 140 Å². The lowest BCUT2D eigenvalue weighted by Crippen LogP contribution is -2.28. The predicted molar refractivity (Wildman–Crippen MR) is 88.0 cm³/mol. The molecular weight excluding hydrogens is 308 g/mol. The van der Waals surface area contributed by atoms with Gasteiger partial charge in [0.05, 0.1) is 25.9 Å². The van der Waals surface area contributed by atoms with Gasteiger partial charge < -0.3 is 19.5 Å². The predicted octanol–water partition coefficient (Wildman–Crippen LogP) is 2.27. The van der Waals surface area contributed by atoms with Crippen molar-refractivity contribution < 1.29 is 19.0 Å². The van der Waals surface area contributed by atoms with Gasteiger partial charge in [0.1, 0.15) is 5.75 Å². The summed E-state index contributed by atoms with van der Waals surface area (Å²) >= 11 is 0. The normalized spacial score (nSPS) is 9.71. The molecule has 2 aromatic carbocycles. The first kappa shape index (κ1) is 17.2. The largest absolute Gasteiger partial charge is 0.497 e. The van der Waals surface area contributed by atoms with Gasteiger partial charge >= 0.3 is 0 Å². The van der Waals surface area contributed by atoms with Gasteiger partial charge in [0, 0.05) is 12.6 Å². The first-order valence-corrected chi connectivity index (χ1v) is 7.27. The van der Waals surface area contributed by atoms with Crippen molar-refractivity contribution in [3.05, 3.63) is 53.6 Å². The molecule has 0 heterocycles. The number of amides is 1. The monoisotopic (exact) mass is 326 g/mol. The van der Waals surface area contributed by atoms with Gasteiger partial charge in [-0.1, -0.05) is 12.1 Å². The molecule has 6 nitrogen and oxygen atoms in total. The minimum Gasteiger partial charge on any atom is -0.497 e. The fourth-order valence-electron chi connectivity index (χ4n) is 1.99. The number of nitriles is 1. The molecule has 0 spiro atoms. The Morgan fingerprint density at radius 2 is 1.83 bits per heavy atom. The van der Waals surface area contributed by atoms with Crippen LogP contribution in [-0.4, -0.2) is 26.7 Å².